The van der Waals surface area contributed by atoms with E-state index in [2.05, 4.69) is 22.2 Å². The van der Waals surface area contributed by atoms with Gasteiger partial charge in [0, 0.05) is 27.2 Å². The standard InChI is InChI=1S/C18H28N4O2.HI/c1-14(2)12-20-18(21-13-17(23)22(3)4)19-11-10-15-6-8-16(24-5)9-7-15;/h6-9H,1,10-13H2,2-5H3,(H2,19,20,21);1H. The number of nitrogens with one attached hydrogen (secondary N) is 2. The number of benzene rings is 1. The zero-order valence-electron chi connectivity index (χ0n) is 15.5. The number of ether oxygens (including phenoxy) is 1. The van der Waals surface area contributed by atoms with Crippen LogP contribution in [0.2, 0.25) is 0 Å². The summed E-state index contributed by atoms with van der Waals surface area (Å²) in [6.45, 7) is 7.24. The van der Waals surface area contributed by atoms with Gasteiger partial charge < -0.3 is 20.3 Å². The van der Waals surface area contributed by atoms with Crippen molar-refractivity contribution in [2.24, 2.45) is 4.99 Å². The molecule has 2 N–H and O–H groups in total. The Morgan fingerprint density at radius 3 is 2.40 bits per heavy atom. The fourth-order valence-electron chi connectivity index (χ4n) is 1.81. The highest BCUT2D eigenvalue weighted by Gasteiger charge is 2.04. The normalized spacial score (nSPS) is 10.5. The minimum atomic E-state index is -0.0402. The molecule has 1 aromatic rings. The summed E-state index contributed by atoms with van der Waals surface area (Å²) < 4.78 is 5.15. The number of nitrogens with zero attached hydrogens (tertiary/aromatic N) is 2. The number of guanidine groups is 1. The number of methoxy groups -OCH3 is 1. The SMILES string of the molecule is C=C(C)CNC(=NCC(=O)N(C)C)NCCc1ccc(OC)cc1.I. The first-order valence-corrected chi connectivity index (χ1v) is 7.92. The van der Waals surface area contributed by atoms with Crippen LogP contribution in [0.15, 0.2) is 41.4 Å². The average Bonchev–Trinajstić information content (AvgIpc) is 2.56. The molecular weight excluding hydrogens is 431 g/mol. The van der Waals surface area contributed by atoms with E-state index >= 15 is 0 Å². The summed E-state index contributed by atoms with van der Waals surface area (Å²) in [6, 6.07) is 7.96. The first-order chi connectivity index (χ1) is 11.4. The number of carbonyl (C=O) groups is 1. The van der Waals surface area contributed by atoms with Crippen molar-refractivity contribution in [2.45, 2.75) is 13.3 Å². The molecule has 0 heterocycles. The average molecular weight is 460 g/mol. The second-order valence-corrected chi connectivity index (χ2v) is 5.79. The van der Waals surface area contributed by atoms with Crippen molar-refractivity contribution in [3.63, 3.8) is 0 Å². The van der Waals surface area contributed by atoms with Gasteiger partial charge in [-0.1, -0.05) is 24.3 Å². The molecule has 7 heteroatoms. The van der Waals surface area contributed by atoms with Crippen LogP contribution in [-0.4, -0.2) is 57.6 Å². The fourth-order valence-corrected chi connectivity index (χ4v) is 1.81. The molecule has 140 valence electrons. The first-order valence-electron chi connectivity index (χ1n) is 7.92. The van der Waals surface area contributed by atoms with E-state index in [4.69, 9.17) is 4.74 Å². The molecule has 1 rings (SSSR count). The summed E-state index contributed by atoms with van der Waals surface area (Å²) in [5.74, 6) is 1.42. The highest BCUT2D eigenvalue weighted by Crippen LogP contribution is 2.11. The molecule has 1 aromatic carbocycles. The molecule has 0 saturated carbocycles. The molecule has 0 aliphatic rings. The Labute approximate surface area is 167 Å². The van der Waals surface area contributed by atoms with Gasteiger partial charge in [0.25, 0.3) is 0 Å². The minimum absolute atomic E-state index is 0. The third-order valence-corrected chi connectivity index (χ3v) is 3.29. The molecule has 6 nitrogen and oxygen atoms in total. The molecule has 25 heavy (non-hydrogen) atoms. The Morgan fingerprint density at radius 1 is 1.24 bits per heavy atom. The Morgan fingerprint density at radius 2 is 1.88 bits per heavy atom. The summed E-state index contributed by atoms with van der Waals surface area (Å²) in [5.41, 5.74) is 2.20. The maximum Gasteiger partial charge on any atom is 0.243 e. The van der Waals surface area contributed by atoms with Crippen LogP contribution in [0.5, 0.6) is 5.75 Å². The van der Waals surface area contributed by atoms with Crippen molar-refractivity contribution in [2.75, 3.05) is 40.8 Å². The molecule has 1 amide bonds. The van der Waals surface area contributed by atoms with Crippen molar-refractivity contribution in [3.8, 4) is 5.75 Å². The van der Waals surface area contributed by atoms with Crippen LogP contribution in [0.25, 0.3) is 0 Å². The summed E-state index contributed by atoms with van der Waals surface area (Å²) in [7, 11) is 5.09. The van der Waals surface area contributed by atoms with E-state index in [1.54, 1.807) is 21.2 Å². The highest BCUT2D eigenvalue weighted by molar-refractivity contribution is 14.0. The molecule has 0 fully saturated rings. The molecular formula is C18H29IN4O2. The minimum Gasteiger partial charge on any atom is -0.497 e. The molecule has 0 spiro atoms. The number of hydrogen-bond acceptors (Lipinski definition) is 3. The summed E-state index contributed by atoms with van der Waals surface area (Å²) in [4.78, 5) is 17.5. The van der Waals surface area contributed by atoms with E-state index < -0.39 is 0 Å². The van der Waals surface area contributed by atoms with Crippen molar-refractivity contribution in [3.05, 3.63) is 42.0 Å². The number of amides is 1. The number of aliphatic imine (C=N–C) groups is 1. The maximum absolute atomic E-state index is 11.7. The molecule has 0 bridgehead atoms. The number of carbonyl (C=O) groups excluding carboxylic acids is 1. The van der Waals surface area contributed by atoms with Crippen LogP contribution in [-0.2, 0) is 11.2 Å². The van der Waals surface area contributed by atoms with Gasteiger partial charge in [-0.25, -0.2) is 4.99 Å². The van der Waals surface area contributed by atoms with Crippen molar-refractivity contribution in [1.29, 1.82) is 0 Å². The van der Waals surface area contributed by atoms with Crippen LogP contribution in [0.3, 0.4) is 0 Å². The number of halogens is 1. The largest absolute Gasteiger partial charge is 0.497 e. The smallest absolute Gasteiger partial charge is 0.243 e. The Kier molecular flexibility index (Phi) is 11.7. The second kappa shape index (κ2) is 12.6. The lowest BCUT2D eigenvalue weighted by Crippen LogP contribution is -2.40. The van der Waals surface area contributed by atoms with Crippen LogP contribution < -0.4 is 15.4 Å². The second-order valence-electron chi connectivity index (χ2n) is 5.79. The highest BCUT2D eigenvalue weighted by atomic mass is 127. The van der Waals surface area contributed by atoms with Gasteiger partial charge in [-0.3, -0.25) is 4.79 Å². The van der Waals surface area contributed by atoms with Gasteiger partial charge in [-0.2, -0.15) is 0 Å². The number of rotatable bonds is 8. The predicted octanol–water partition coefficient (Wildman–Crippen LogP) is 2.06. The van der Waals surface area contributed by atoms with Gasteiger partial charge in [0.05, 0.1) is 7.11 Å². The van der Waals surface area contributed by atoms with Crippen LogP contribution in [0, 0.1) is 0 Å². The van der Waals surface area contributed by atoms with Gasteiger partial charge in [-0.15, -0.1) is 24.0 Å². The van der Waals surface area contributed by atoms with Crippen molar-refractivity contribution >= 4 is 35.8 Å². The monoisotopic (exact) mass is 460 g/mol. The predicted molar refractivity (Wildman–Crippen MR) is 114 cm³/mol. The van der Waals surface area contributed by atoms with E-state index in [0.29, 0.717) is 19.0 Å². The third kappa shape index (κ3) is 9.96. The topological polar surface area (TPSA) is 66.0 Å². The Balaban J connectivity index is 0.00000576. The number of likely N-dealkylation sites (N-methyl/N-ethyl adjacent to an activating group) is 1. The molecule has 0 aliphatic carbocycles. The van der Waals surface area contributed by atoms with Gasteiger partial charge in [0.1, 0.15) is 12.3 Å². The lowest BCUT2D eigenvalue weighted by atomic mass is 10.1. The van der Waals surface area contributed by atoms with E-state index in [9.17, 15) is 4.79 Å². The van der Waals surface area contributed by atoms with Crippen LogP contribution >= 0.6 is 24.0 Å². The van der Waals surface area contributed by atoms with E-state index in [0.717, 1.165) is 17.7 Å². The zero-order chi connectivity index (χ0) is 17.9. The van der Waals surface area contributed by atoms with Crippen LogP contribution in [0.1, 0.15) is 12.5 Å². The zero-order valence-corrected chi connectivity index (χ0v) is 17.8. The maximum atomic E-state index is 11.7. The quantitative estimate of drug-likeness (QED) is 0.270. The van der Waals surface area contributed by atoms with Crippen LogP contribution in [0.4, 0.5) is 0 Å². The molecule has 0 unspecified atom stereocenters. The first kappa shape index (κ1) is 23.2. The van der Waals surface area contributed by atoms with E-state index in [1.165, 1.54) is 10.5 Å². The molecule has 0 radical (unpaired) electrons. The lowest BCUT2D eigenvalue weighted by Gasteiger charge is -2.14. The third-order valence-electron chi connectivity index (χ3n) is 3.29. The summed E-state index contributed by atoms with van der Waals surface area (Å²) >= 11 is 0. The lowest BCUT2D eigenvalue weighted by molar-refractivity contribution is -0.127. The molecule has 0 aromatic heterocycles. The molecule has 0 atom stereocenters. The fraction of sp³-hybridized carbons (Fsp3) is 0.444. The molecule has 0 aliphatic heterocycles. The van der Waals surface area contributed by atoms with E-state index in [-0.39, 0.29) is 36.4 Å². The summed E-state index contributed by atoms with van der Waals surface area (Å²) in [6.07, 6.45) is 0.847. The van der Waals surface area contributed by atoms with Crippen molar-refractivity contribution in [1.82, 2.24) is 15.5 Å². The molecule has 0 saturated heterocycles. The van der Waals surface area contributed by atoms with Gasteiger partial charge in [-0.05, 0) is 31.0 Å². The van der Waals surface area contributed by atoms with Gasteiger partial charge in [0.15, 0.2) is 5.96 Å². The van der Waals surface area contributed by atoms with E-state index in [1.807, 2.05) is 31.2 Å². The number of hydrogen-bond donors (Lipinski definition) is 2. The Bertz CT molecular complexity index is 571. The van der Waals surface area contributed by atoms with Crippen molar-refractivity contribution < 1.29 is 9.53 Å². The van der Waals surface area contributed by atoms with Gasteiger partial charge >= 0.3 is 0 Å². The van der Waals surface area contributed by atoms with Gasteiger partial charge in [0.2, 0.25) is 5.91 Å². The summed E-state index contributed by atoms with van der Waals surface area (Å²) in [5, 5.41) is 6.41. The Hall–Kier alpha value is -1.77.